The fourth-order valence-electron chi connectivity index (χ4n) is 3.28. The molecule has 2 aromatic rings. The molecule has 2 aromatic carbocycles. The summed E-state index contributed by atoms with van der Waals surface area (Å²) < 4.78 is 0. The smallest absolute Gasteiger partial charge is 0.0701 e. The molecule has 1 atom stereocenters. The molecule has 1 nitrogen and oxygen atoms in total. The summed E-state index contributed by atoms with van der Waals surface area (Å²) in [5, 5.41) is 3.66. The molecule has 1 aliphatic heterocycles. The zero-order chi connectivity index (χ0) is 15.7. The van der Waals surface area contributed by atoms with Crippen LogP contribution in [0, 0.1) is 19.8 Å². The summed E-state index contributed by atoms with van der Waals surface area (Å²) in [6.45, 7) is 8.86. The summed E-state index contributed by atoms with van der Waals surface area (Å²) in [5.74, 6) is 0.696. The quantitative estimate of drug-likeness (QED) is 0.767. The lowest BCUT2D eigenvalue weighted by Crippen LogP contribution is -2.13. The van der Waals surface area contributed by atoms with E-state index < -0.39 is 0 Å². The minimum absolute atomic E-state index is 0.266. The molecule has 0 bridgehead atoms. The number of fused-ring (bicyclic) bond motifs is 1. The molecule has 1 heteroatoms. The maximum absolute atomic E-state index is 3.66. The average molecular weight is 291 g/mol. The van der Waals surface area contributed by atoms with Gasteiger partial charge in [0.15, 0.2) is 0 Å². The Labute approximate surface area is 134 Å². The predicted molar refractivity (Wildman–Crippen MR) is 96.3 cm³/mol. The van der Waals surface area contributed by atoms with Crippen LogP contribution in [0.15, 0.2) is 42.5 Å². The molecule has 114 valence electrons. The van der Waals surface area contributed by atoms with E-state index >= 15 is 0 Å². The van der Waals surface area contributed by atoms with Gasteiger partial charge in [-0.3, -0.25) is 0 Å². The molecule has 1 unspecified atom stereocenters. The molecule has 0 saturated carbocycles. The Morgan fingerprint density at radius 1 is 1.00 bits per heavy atom. The van der Waals surface area contributed by atoms with Gasteiger partial charge in [-0.2, -0.15) is 0 Å². The first-order chi connectivity index (χ1) is 10.5. The van der Waals surface area contributed by atoms with Crippen LogP contribution in [-0.2, 0) is 6.42 Å². The average Bonchev–Trinajstić information content (AvgIpc) is 2.45. The van der Waals surface area contributed by atoms with Crippen LogP contribution in [-0.4, -0.2) is 0 Å². The van der Waals surface area contributed by atoms with Crippen LogP contribution in [0.3, 0.4) is 0 Å². The Balaban J connectivity index is 1.86. The topological polar surface area (TPSA) is 12.0 Å². The number of benzene rings is 2. The van der Waals surface area contributed by atoms with Crippen LogP contribution in [0.4, 0.5) is 5.69 Å². The first-order valence-corrected chi connectivity index (χ1v) is 8.17. The monoisotopic (exact) mass is 291 g/mol. The van der Waals surface area contributed by atoms with Crippen molar-refractivity contribution >= 4 is 11.8 Å². The molecule has 22 heavy (non-hydrogen) atoms. The Bertz CT molecular complexity index is 690. The van der Waals surface area contributed by atoms with Crippen molar-refractivity contribution in [1.82, 2.24) is 0 Å². The summed E-state index contributed by atoms with van der Waals surface area (Å²) in [5.41, 5.74) is 7.94. The van der Waals surface area contributed by atoms with E-state index in [9.17, 15) is 0 Å². The Morgan fingerprint density at radius 2 is 1.73 bits per heavy atom. The van der Waals surface area contributed by atoms with Gasteiger partial charge in [-0.15, -0.1) is 0 Å². The molecule has 0 saturated heterocycles. The highest BCUT2D eigenvalue weighted by Crippen LogP contribution is 2.32. The van der Waals surface area contributed by atoms with Crippen molar-refractivity contribution in [1.29, 1.82) is 0 Å². The van der Waals surface area contributed by atoms with E-state index in [1.165, 1.54) is 33.5 Å². The molecule has 3 rings (SSSR count). The lowest BCUT2D eigenvalue weighted by Gasteiger charge is -2.24. The number of nitrogens with one attached hydrogen (secondary N) is 1. The molecule has 1 heterocycles. The fraction of sp³-hybridized carbons (Fsp3) is 0.333. The van der Waals surface area contributed by atoms with Crippen molar-refractivity contribution in [3.05, 3.63) is 70.3 Å². The first kappa shape index (κ1) is 14.9. The molecule has 0 spiro atoms. The summed E-state index contributed by atoms with van der Waals surface area (Å²) >= 11 is 0. The van der Waals surface area contributed by atoms with Crippen molar-refractivity contribution in [2.24, 2.45) is 5.92 Å². The molecule has 1 N–H and O–H groups in total. The lowest BCUT2D eigenvalue weighted by molar-refractivity contribution is 0.647. The minimum atomic E-state index is 0.266. The second-order valence-electron chi connectivity index (χ2n) is 6.92. The van der Waals surface area contributed by atoms with Gasteiger partial charge in [0.05, 0.1) is 6.04 Å². The normalized spacial score (nSPS) is 16.5. The van der Waals surface area contributed by atoms with Crippen LogP contribution < -0.4 is 5.32 Å². The van der Waals surface area contributed by atoms with Crippen molar-refractivity contribution in [2.75, 3.05) is 5.32 Å². The van der Waals surface area contributed by atoms with Gasteiger partial charge in [0.25, 0.3) is 0 Å². The zero-order valence-electron chi connectivity index (χ0n) is 14.0. The standard InChI is InChI=1S/C21H25N/c1-14(2)9-17-5-7-20-18(13-17)6-8-21(22-20)19-11-15(3)10-16(4)12-19/h5-8,10-14,21-22H,9H2,1-4H3. The number of rotatable bonds is 3. The van der Waals surface area contributed by atoms with E-state index in [0.717, 1.165) is 6.42 Å². The maximum Gasteiger partial charge on any atom is 0.0701 e. The third-order valence-electron chi connectivity index (χ3n) is 4.14. The molecular formula is C21H25N. The van der Waals surface area contributed by atoms with Gasteiger partial charge in [0.2, 0.25) is 0 Å². The minimum Gasteiger partial charge on any atom is -0.374 e. The number of hydrogen-bond donors (Lipinski definition) is 1. The number of anilines is 1. The molecule has 0 radical (unpaired) electrons. The van der Waals surface area contributed by atoms with Gasteiger partial charge in [-0.25, -0.2) is 0 Å². The van der Waals surface area contributed by atoms with Crippen LogP contribution in [0.2, 0.25) is 0 Å². The molecule has 1 aliphatic rings. The third-order valence-corrected chi connectivity index (χ3v) is 4.14. The zero-order valence-corrected chi connectivity index (χ0v) is 14.0. The number of aryl methyl sites for hydroxylation is 2. The predicted octanol–water partition coefficient (Wildman–Crippen LogP) is 5.68. The van der Waals surface area contributed by atoms with Gasteiger partial charge < -0.3 is 5.32 Å². The van der Waals surface area contributed by atoms with Crippen LogP contribution in [0.25, 0.3) is 6.08 Å². The Hall–Kier alpha value is -2.02. The molecular weight excluding hydrogens is 266 g/mol. The maximum atomic E-state index is 3.66. The summed E-state index contributed by atoms with van der Waals surface area (Å²) in [6, 6.07) is 13.8. The van der Waals surface area contributed by atoms with E-state index in [1.807, 2.05) is 0 Å². The number of hydrogen-bond acceptors (Lipinski definition) is 1. The second-order valence-corrected chi connectivity index (χ2v) is 6.92. The van der Waals surface area contributed by atoms with Gasteiger partial charge in [0, 0.05) is 5.69 Å². The van der Waals surface area contributed by atoms with Crippen molar-refractivity contribution < 1.29 is 0 Å². The Kier molecular flexibility index (Phi) is 4.06. The largest absolute Gasteiger partial charge is 0.374 e. The first-order valence-electron chi connectivity index (χ1n) is 8.17. The summed E-state index contributed by atoms with van der Waals surface area (Å²) in [4.78, 5) is 0. The SMILES string of the molecule is Cc1cc(C)cc(C2C=Cc3cc(CC(C)C)ccc3N2)c1. The van der Waals surface area contributed by atoms with E-state index in [4.69, 9.17) is 0 Å². The van der Waals surface area contributed by atoms with Crippen LogP contribution >= 0.6 is 0 Å². The highest BCUT2D eigenvalue weighted by atomic mass is 14.9. The summed E-state index contributed by atoms with van der Waals surface area (Å²) in [6.07, 6.45) is 5.68. The van der Waals surface area contributed by atoms with E-state index in [2.05, 4.69) is 81.6 Å². The third kappa shape index (κ3) is 3.24. The van der Waals surface area contributed by atoms with Gasteiger partial charge in [0.1, 0.15) is 0 Å². The second kappa shape index (κ2) is 6.00. The van der Waals surface area contributed by atoms with Crippen LogP contribution in [0.5, 0.6) is 0 Å². The van der Waals surface area contributed by atoms with Crippen molar-refractivity contribution in [2.45, 2.75) is 40.2 Å². The summed E-state index contributed by atoms with van der Waals surface area (Å²) in [7, 11) is 0. The van der Waals surface area contributed by atoms with E-state index in [1.54, 1.807) is 0 Å². The molecule has 0 fully saturated rings. The Morgan fingerprint density at radius 3 is 2.41 bits per heavy atom. The van der Waals surface area contributed by atoms with Crippen molar-refractivity contribution in [3.63, 3.8) is 0 Å². The highest BCUT2D eigenvalue weighted by Gasteiger charge is 2.15. The van der Waals surface area contributed by atoms with Gasteiger partial charge in [-0.1, -0.05) is 61.4 Å². The van der Waals surface area contributed by atoms with E-state index in [0.29, 0.717) is 5.92 Å². The van der Waals surface area contributed by atoms with Gasteiger partial charge in [-0.05, 0) is 55.0 Å². The fourth-order valence-corrected chi connectivity index (χ4v) is 3.28. The molecule has 0 aromatic heterocycles. The molecule has 0 aliphatic carbocycles. The van der Waals surface area contributed by atoms with Gasteiger partial charge >= 0.3 is 0 Å². The molecule has 0 amide bonds. The van der Waals surface area contributed by atoms with Crippen molar-refractivity contribution in [3.8, 4) is 0 Å². The lowest BCUT2D eigenvalue weighted by atomic mass is 9.94. The highest BCUT2D eigenvalue weighted by molar-refractivity contribution is 5.72. The van der Waals surface area contributed by atoms with Crippen LogP contribution in [0.1, 0.15) is 47.7 Å². The van der Waals surface area contributed by atoms with E-state index in [-0.39, 0.29) is 6.04 Å².